The minimum absolute atomic E-state index is 0.00870. The van der Waals surface area contributed by atoms with Gasteiger partial charge in [-0.25, -0.2) is 4.79 Å². The van der Waals surface area contributed by atoms with Gasteiger partial charge in [-0.15, -0.1) is 0 Å². The van der Waals surface area contributed by atoms with E-state index in [1.54, 1.807) is 13.2 Å². The Balaban J connectivity index is 2.53. The molecule has 2 amide bonds. The maximum atomic E-state index is 11.8. The first-order valence-electron chi connectivity index (χ1n) is 6.46. The summed E-state index contributed by atoms with van der Waals surface area (Å²) < 4.78 is 5.10. The normalized spacial score (nSPS) is 12.1. The number of rotatable bonds is 6. The average molecular weight is 265 g/mol. The van der Waals surface area contributed by atoms with Crippen LogP contribution in [-0.2, 0) is 0 Å². The Kier molecular flexibility index (Phi) is 6.15. The highest BCUT2D eigenvalue weighted by Gasteiger charge is 2.12. The Morgan fingerprint density at radius 2 is 2.16 bits per heavy atom. The molecule has 1 aromatic rings. The van der Waals surface area contributed by atoms with Gasteiger partial charge in [-0.3, -0.25) is 0 Å². The maximum absolute atomic E-state index is 11.8. The van der Waals surface area contributed by atoms with Crippen molar-refractivity contribution in [2.24, 2.45) is 11.7 Å². The zero-order chi connectivity index (χ0) is 14.3. The summed E-state index contributed by atoms with van der Waals surface area (Å²) in [6.07, 6.45) is 0.863. The molecule has 0 spiro atoms. The number of urea groups is 1. The van der Waals surface area contributed by atoms with Crippen molar-refractivity contribution in [1.29, 1.82) is 0 Å². The van der Waals surface area contributed by atoms with E-state index in [0.717, 1.165) is 6.42 Å². The van der Waals surface area contributed by atoms with Crippen LogP contribution >= 0.6 is 0 Å². The van der Waals surface area contributed by atoms with Crippen LogP contribution in [-0.4, -0.2) is 25.7 Å². The van der Waals surface area contributed by atoms with E-state index in [0.29, 0.717) is 23.9 Å². The van der Waals surface area contributed by atoms with Crippen molar-refractivity contribution < 1.29 is 9.53 Å². The first kappa shape index (κ1) is 15.3. The Morgan fingerprint density at radius 1 is 1.42 bits per heavy atom. The number of hydrogen-bond acceptors (Lipinski definition) is 3. The van der Waals surface area contributed by atoms with Gasteiger partial charge < -0.3 is 21.1 Å². The Bertz CT molecular complexity index is 407. The maximum Gasteiger partial charge on any atom is 0.319 e. The van der Waals surface area contributed by atoms with E-state index in [4.69, 9.17) is 10.5 Å². The SMILES string of the molecule is COc1cccc(NC(=O)NC(CN)CC(C)C)c1. The lowest BCUT2D eigenvalue weighted by Gasteiger charge is -2.19. The number of anilines is 1. The molecule has 0 aliphatic heterocycles. The second-order valence-electron chi connectivity index (χ2n) is 4.89. The molecule has 0 saturated carbocycles. The van der Waals surface area contributed by atoms with Crippen LogP contribution in [0.3, 0.4) is 0 Å². The molecular formula is C14H23N3O2. The van der Waals surface area contributed by atoms with Gasteiger partial charge in [0.15, 0.2) is 0 Å². The molecule has 0 aliphatic carbocycles. The molecule has 1 unspecified atom stereocenters. The smallest absolute Gasteiger partial charge is 0.319 e. The third-order valence-electron chi connectivity index (χ3n) is 2.70. The summed E-state index contributed by atoms with van der Waals surface area (Å²) in [7, 11) is 1.59. The zero-order valence-corrected chi connectivity index (χ0v) is 11.8. The van der Waals surface area contributed by atoms with Crippen molar-refractivity contribution in [2.75, 3.05) is 19.0 Å². The predicted octanol–water partition coefficient (Wildman–Crippen LogP) is 2.19. The van der Waals surface area contributed by atoms with Crippen LogP contribution in [0.2, 0.25) is 0 Å². The minimum Gasteiger partial charge on any atom is -0.497 e. The number of carbonyl (C=O) groups excluding carboxylic acids is 1. The molecular weight excluding hydrogens is 242 g/mol. The number of methoxy groups -OCH3 is 1. The highest BCUT2D eigenvalue weighted by atomic mass is 16.5. The van der Waals surface area contributed by atoms with Crippen molar-refractivity contribution >= 4 is 11.7 Å². The molecule has 1 rings (SSSR count). The van der Waals surface area contributed by atoms with Crippen LogP contribution < -0.4 is 21.1 Å². The fraction of sp³-hybridized carbons (Fsp3) is 0.500. The van der Waals surface area contributed by atoms with Crippen LogP contribution in [0.5, 0.6) is 5.75 Å². The van der Waals surface area contributed by atoms with E-state index < -0.39 is 0 Å². The summed E-state index contributed by atoms with van der Waals surface area (Å²) in [5.74, 6) is 1.20. The van der Waals surface area contributed by atoms with Gasteiger partial charge in [0, 0.05) is 24.3 Å². The number of nitrogens with one attached hydrogen (secondary N) is 2. The molecule has 106 valence electrons. The summed E-state index contributed by atoms with van der Waals surface area (Å²) in [5.41, 5.74) is 6.34. The van der Waals surface area contributed by atoms with Crippen LogP contribution in [0.4, 0.5) is 10.5 Å². The van der Waals surface area contributed by atoms with E-state index in [9.17, 15) is 4.79 Å². The highest BCUT2D eigenvalue weighted by molar-refractivity contribution is 5.89. The molecule has 1 atom stereocenters. The topological polar surface area (TPSA) is 76.4 Å². The van der Waals surface area contributed by atoms with Gasteiger partial charge in [-0.05, 0) is 24.5 Å². The third-order valence-corrected chi connectivity index (χ3v) is 2.70. The number of ether oxygens (including phenoxy) is 1. The summed E-state index contributed by atoms with van der Waals surface area (Å²) in [4.78, 5) is 11.8. The molecule has 0 radical (unpaired) electrons. The van der Waals surface area contributed by atoms with E-state index in [1.165, 1.54) is 0 Å². The number of amides is 2. The molecule has 1 aromatic carbocycles. The molecule has 5 heteroatoms. The monoisotopic (exact) mass is 265 g/mol. The largest absolute Gasteiger partial charge is 0.497 e. The van der Waals surface area contributed by atoms with Gasteiger partial charge in [-0.2, -0.15) is 0 Å². The van der Waals surface area contributed by atoms with Crippen LogP contribution in [0, 0.1) is 5.92 Å². The van der Waals surface area contributed by atoms with Crippen molar-refractivity contribution in [3.63, 3.8) is 0 Å². The van der Waals surface area contributed by atoms with Crippen LogP contribution in [0.1, 0.15) is 20.3 Å². The number of hydrogen-bond donors (Lipinski definition) is 3. The van der Waals surface area contributed by atoms with Crippen molar-refractivity contribution in [3.8, 4) is 5.75 Å². The van der Waals surface area contributed by atoms with Crippen LogP contribution in [0.15, 0.2) is 24.3 Å². The van der Waals surface area contributed by atoms with Gasteiger partial charge in [0.1, 0.15) is 5.75 Å². The average Bonchev–Trinajstić information content (AvgIpc) is 2.37. The standard InChI is InChI=1S/C14H23N3O2/c1-10(2)7-12(9-15)17-14(18)16-11-5-4-6-13(8-11)19-3/h4-6,8,10,12H,7,9,15H2,1-3H3,(H2,16,17,18). The van der Waals surface area contributed by atoms with E-state index in [2.05, 4.69) is 24.5 Å². The van der Waals surface area contributed by atoms with E-state index >= 15 is 0 Å². The number of benzene rings is 1. The minimum atomic E-state index is -0.246. The Hall–Kier alpha value is -1.75. The summed E-state index contributed by atoms with van der Waals surface area (Å²) in [6.45, 7) is 4.64. The summed E-state index contributed by atoms with van der Waals surface area (Å²) in [6, 6.07) is 6.96. The first-order chi connectivity index (χ1) is 9.05. The predicted molar refractivity (Wildman–Crippen MR) is 77.4 cm³/mol. The van der Waals surface area contributed by atoms with Gasteiger partial charge in [0.05, 0.1) is 7.11 Å². The molecule has 0 saturated heterocycles. The third kappa shape index (κ3) is 5.61. The van der Waals surface area contributed by atoms with Crippen molar-refractivity contribution in [3.05, 3.63) is 24.3 Å². The second-order valence-corrected chi connectivity index (χ2v) is 4.89. The van der Waals surface area contributed by atoms with Gasteiger partial charge >= 0.3 is 6.03 Å². The molecule has 0 bridgehead atoms. The van der Waals surface area contributed by atoms with E-state index in [-0.39, 0.29) is 12.1 Å². The molecule has 0 aliphatic rings. The van der Waals surface area contributed by atoms with Gasteiger partial charge in [-0.1, -0.05) is 19.9 Å². The fourth-order valence-corrected chi connectivity index (χ4v) is 1.84. The Morgan fingerprint density at radius 3 is 2.74 bits per heavy atom. The number of nitrogens with two attached hydrogens (primary N) is 1. The Labute approximate surface area is 114 Å². The second kappa shape index (κ2) is 7.63. The fourth-order valence-electron chi connectivity index (χ4n) is 1.84. The zero-order valence-electron chi connectivity index (χ0n) is 11.8. The summed E-state index contributed by atoms with van der Waals surface area (Å²) in [5, 5.41) is 5.64. The first-order valence-corrected chi connectivity index (χ1v) is 6.46. The molecule has 0 aromatic heterocycles. The van der Waals surface area contributed by atoms with Crippen molar-refractivity contribution in [1.82, 2.24) is 5.32 Å². The van der Waals surface area contributed by atoms with Crippen molar-refractivity contribution in [2.45, 2.75) is 26.3 Å². The van der Waals surface area contributed by atoms with Gasteiger partial charge in [0.25, 0.3) is 0 Å². The van der Waals surface area contributed by atoms with Crippen LogP contribution in [0.25, 0.3) is 0 Å². The molecule has 0 fully saturated rings. The number of carbonyl (C=O) groups is 1. The molecule has 19 heavy (non-hydrogen) atoms. The highest BCUT2D eigenvalue weighted by Crippen LogP contribution is 2.16. The molecule has 4 N–H and O–H groups in total. The molecule has 5 nitrogen and oxygen atoms in total. The lowest BCUT2D eigenvalue weighted by Crippen LogP contribution is -2.43. The molecule has 0 heterocycles. The lowest BCUT2D eigenvalue weighted by molar-refractivity contribution is 0.246. The lowest BCUT2D eigenvalue weighted by atomic mass is 10.0. The summed E-state index contributed by atoms with van der Waals surface area (Å²) >= 11 is 0. The van der Waals surface area contributed by atoms with E-state index in [1.807, 2.05) is 18.2 Å². The quantitative estimate of drug-likeness (QED) is 0.738. The van der Waals surface area contributed by atoms with Gasteiger partial charge in [0.2, 0.25) is 0 Å².